The number of carbonyl (C=O) groups is 3. The van der Waals surface area contributed by atoms with E-state index in [0.29, 0.717) is 19.0 Å². The lowest BCUT2D eigenvalue weighted by Gasteiger charge is -2.31. The van der Waals surface area contributed by atoms with Gasteiger partial charge in [-0.3, -0.25) is 19.3 Å². The van der Waals surface area contributed by atoms with Gasteiger partial charge in [0.2, 0.25) is 5.91 Å². The number of piperidine rings is 1. The van der Waals surface area contributed by atoms with Crippen molar-refractivity contribution in [2.45, 2.75) is 19.8 Å². The summed E-state index contributed by atoms with van der Waals surface area (Å²) in [6, 6.07) is 2.76. The van der Waals surface area contributed by atoms with E-state index in [-0.39, 0.29) is 33.6 Å². The topological polar surface area (TPSA) is 57.7 Å². The Morgan fingerprint density at radius 2 is 1.57 bits per heavy atom. The maximum absolute atomic E-state index is 12.4. The van der Waals surface area contributed by atoms with Crippen LogP contribution in [0, 0.1) is 5.92 Å². The van der Waals surface area contributed by atoms with Crippen molar-refractivity contribution in [1.82, 2.24) is 9.80 Å². The molecule has 1 fully saturated rings. The minimum Gasteiger partial charge on any atom is -0.341 e. The van der Waals surface area contributed by atoms with E-state index in [0.717, 1.165) is 17.7 Å². The Kier molecular flexibility index (Phi) is 4.34. The van der Waals surface area contributed by atoms with Crippen molar-refractivity contribution in [3.63, 3.8) is 0 Å². The number of imide groups is 1. The molecule has 0 radical (unpaired) electrons. The molecule has 0 bridgehead atoms. The monoisotopic (exact) mass is 354 g/mol. The standard InChI is InChI=1S/C16H16Cl2N2O3/c1-9-2-4-19(5-3-9)14(21)8-20-15(22)10-6-12(17)13(18)7-11(10)16(20)23/h6-7,9H,2-5,8H2,1H3. The molecule has 0 aromatic heterocycles. The average molecular weight is 355 g/mol. The number of likely N-dealkylation sites (tertiary alicyclic amines) is 1. The lowest BCUT2D eigenvalue weighted by Crippen LogP contribution is -2.45. The zero-order valence-electron chi connectivity index (χ0n) is 12.6. The second-order valence-electron chi connectivity index (χ2n) is 6.07. The maximum atomic E-state index is 12.4. The Balaban J connectivity index is 1.76. The predicted octanol–water partition coefficient (Wildman–Crippen LogP) is 2.85. The van der Waals surface area contributed by atoms with Crippen molar-refractivity contribution in [2.75, 3.05) is 19.6 Å². The molecule has 1 aromatic rings. The first-order valence-corrected chi connectivity index (χ1v) is 8.27. The van der Waals surface area contributed by atoms with Crippen LogP contribution in [0.1, 0.15) is 40.5 Å². The number of halogens is 2. The van der Waals surface area contributed by atoms with Gasteiger partial charge < -0.3 is 4.90 Å². The summed E-state index contributed by atoms with van der Waals surface area (Å²) in [5.74, 6) is -0.601. The molecule has 7 heteroatoms. The van der Waals surface area contributed by atoms with Crippen molar-refractivity contribution < 1.29 is 14.4 Å². The summed E-state index contributed by atoms with van der Waals surface area (Å²) in [4.78, 5) is 39.8. The minimum atomic E-state index is -0.498. The molecule has 3 amide bonds. The maximum Gasteiger partial charge on any atom is 0.262 e. The molecule has 2 heterocycles. The highest BCUT2D eigenvalue weighted by Gasteiger charge is 2.38. The Bertz CT molecular complexity index is 656. The number of fused-ring (bicyclic) bond motifs is 1. The third kappa shape index (κ3) is 2.95. The number of hydrogen-bond donors (Lipinski definition) is 0. The highest BCUT2D eigenvalue weighted by atomic mass is 35.5. The molecule has 1 saturated heterocycles. The van der Waals surface area contributed by atoms with Crippen LogP contribution in [-0.4, -0.2) is 47.2 Å². The number of nitrogens with zero attached hydrogens (tertiary/aromatic N) is 2. The Hall–Kier alpha value is -1.59. The van der Waals surface area contributed by atoms with Gasteiger partial charge in [-0.05, 0) is 30.9 Å². The average Bonchev–Trinajstić information content (AvgIpc) is 2.73. The lowest BCUT2D eigenvalue weighted by molar-refractivity contribution is -0.132. The summed E-state index contributed by atoms with van der Waals surface area (Å²) in [6.45, 7) is 3.25. The van der Waals surface area contributed by atoms with E-state index in [9.17, 15) is 14.4 Å². The summed E-state index contributed by atoms with van der Waals surface area (Å²) >= 11 is 11.8. The van der Waals surface area contributed by atoms with Crippen LogP contribution in [0.4, 0.5) is 0 Å². The molecule has 23 heavy (non-hydrogen) atoms. The van der Waals surface area contributed by atoms with Crippen molar-refractivity contribution in [1.29, 1.82) is 0 Å². The molecule has 2 aliphatic heterocycles. The van der Waals surface area contributed by atoms with E-state index >= 15 is 0 Å². The van der Waals surface area contributed by atoms with Crippen LogP contribution < -0.4 is 0 Å². The Morgan fingerprint density at radius 3 is 2.04 bits per heavy atom. The normalized spacial score (nSPS) is 18.6. The summed E-state index contributed by atoms with van der Waals surface area (Å²) < 4.78 is 0. The molecule has 0 spiro atoms. The minimum absolute atomic E-state index is 0.199. The number of rotatable bonds is 2. The lowest BCUT2D eigenvalue weighted by atomic mass is 9.99. The first kappa shape index (κ1) is 16.3. The third-order valence-electron chi connectivity index (χ3n) is 4.44. The van der Waals surface area contributed by atoms with E-state index < -0.39 is 11.8 Å². The molecule has 1 aromatic carbocycles. The van der Waals surface area contributed by atoms with Gasteiger partial charge in [0.15, 0.2) is 0 Å². The highest BCUT2D eigenvalue weighted by molar-refractivity contribution is 6.43. The molecular formula is C16H16Cl2N2O3. The van der Waals surface area contributed by atoms with Crippen LogP contribution in [0.2, 0.25) is 10.0 Å². The molecule has 0 saturated carbocycles. The van der Waals surface area contributed by atoms with Crippen LogP contribution in [0.15, 0.2) is 12.1 Å². The van der Waals surface area contributed by atoms with E-state index in [1.165, 1.54) is 12.1 Å². The number of hydrogen-bond acceptors (Lipinski definition) is 3. The van der Waals surface area contributed by atoms with E-state index in [2.05, 4.69) is 6.92 Å². The van der Waals surface area contributed by atoms with Crippen LogP contribution in [0.25, 0.3) is 0 Å². The van der Waals surface area contributed by atoms with Gasteiger partial charge in [-0.15, -0.1) is 0 Å². The Morgan fingerprint density at radius 1 is 1.09 bits per heavy atom. The molecule has 0 unspecified atom stereocenters. The van der Waals surface area contributed by atoms with Gasteiger partial charge >= 0.3 is 0 Å². The third-order valence-corrected chi connectivity index (χ3v) is 5.16. The summed E-state index contributed by atoms with van der Waals surface area (Å²) in [7, 11) is 0. The molecule has 5 nitrogen and oxygen atoms in total. The number of carbonyl (C=O) groups excluding carboxylic acids is 3. The zero-order chi connectivity index (χ0) is 16.7. The molecule has 0 atom stereocenters. The zero-order valence-corrected chi connectivity index (χ0v) is 14.2. The SMILES string of the molecule is CC1CCN(C(=O)CN2C(=O)c3cc(Cl)c(Cl)cc3C2=O)CC1. The smallest absolute Gasteiger partial charge is 0.262 e. The van der Waals surface area contributed by atoms with Crippen LogP contribution in [0.5, 0.6) is 0 Å². The summed E-state index contributed by atoms with van der Waals surface area (Å²) in [5, 5.41) is 0.425. The van der Waals surface area contributed by atoms with Gasteiger partial charge in [0.1, 0.15) is 6.54 Å². The number of benzene rings is 1. The second kappa shape index (κ2) is 6.13. The van der Waals surface area contributed by atoms with Gasteiger partial charge in [0, 0.05) is 13.1 Å². The van der Waals surface area contributed by atoms with Crippen LogP contribution in [0.3, 0.4) is 0 Å². The fraction of sp³-hybridized carbons (Fsp3) is 0.438. The van der Waals surface area contributed by atoms with Crippen molar-refractivity contribution in [3.05, 3.63) is 33.3 Å². The molecule has 2 aliphatic rings. The molecule has 0 N–H and O–H groups in total. The van der Waals surface area contributed by atoms with E-state index in [1.54, 1.807) is 4.90 Å². The van der Waals surface area contributed by atoms with Gasteiger partial charge in [-0.25, -0.2) is 0 Å². The van der Waals surface area contributed by atoms with Crippen LogP contribution in [-0.2, 0) is 4.79 Å². The van der Waals surface area contributed by atoms with E-state index in [1.807, 2.05) is 0 Å². The van der Waals surface area contributed by atoms with Gasteiger partial charge in [-0.2, -0.15) is 0 Å². The highest BCUT2D eigenvalue weighted by Crippen LogP contribution is 2.31. The predicted molar refractivity (Wildman–Crippen MR) is 86.8 cm³/mol. The van der Waals surface area contributed by atoms with Crippen molar-refractivity contribution in [3.8, 4) is 0 Å². The molecule has 0 aliphatic carbocycles. The summed E-state index contributed by atoms with van der Waals surface area (Å²) in [6.07, 6.45) is 1.89. The quantitative estimate of drug-likeness (QED) is 0.767. The van der Waals surface area contributed by atoms with Gasteiger partial charge in [0.25, 0.3) is 11.8 Å². The fourth-order valence-corrected chi connectivity index (χ4v) is 3.25. The van der Waals surface area contributed by atoms with Crippen molar-refractivity contribution >= 4 is 40.9 Å². The molecule has 122 valence electrons. The van der Waals surface area contributed by atoms with E-state index in [4.69, 9.17) is 23.2 Å². The number of amides is 3. The molecular weight excluding hydrogens is 339 g/mol. The van der Waals surface area contributed by atoms with Gasteiger partial charge in [-0.1, -0.05) is 30.1 Å². The first-order chi connectivity index (χ1) is 10.9. The first-order valence-electron chi connectivity index (χ1n) is 7.51. The van der Waals surface area contributed by atoms with Gasteiger partial charge in [0.05, 0.1) is 21.2 Å². The van der Waals surface area contributed by atoms with Crippen LogP contribution >= 0.6 is 23.2 Å². The summed E-state index contributed by atoms with van der Waals surface area (Å²) in [5.41, 5.74) is 0.397. The largest absolute Gasteiger partial charge is 0.341 e. The molecule has 3 rings (SSSR count). The van der Waals surface area contributed by atoms with Crippen molar-refractivity contribution in [2.24, 2.45) is 5.92 Å². The Labute approximate surface area is 144 Å². The fourth-order valence-electron chi connectivity index (χ4n) is 2.92. The second-order valence-corrected chi connectivity index (χ2v) is 6.89.